The molecule has 0 aliphatic carbocycles. The number of hydrogen-bond donors (Lipinski definition) is 2. The quantitative estimate of drug-likeness (QED) is 0.254. The maximum absolute atomic E-state index is 11.7. The van der Waals surface area contributed by atoms with Gasteiger partial charge in [0, 0.05) is 35.6 Å². The number of nitrogens with zero attached hydrogens (tertiary/aromatic N) is 2. The first kappa shape index (κ1) is 25.9. The Morgan fingerprint density at radius 2 is 1.97 bits per heavy atom. The topological polar surface area (TPSA) is 103 Å². The van der Waals surface area contributed by atoms with Crippen molar-refractivity contribution in [2.75, 3.05) is 25.6 Å². The third-order valence-corrected chi connectivity index (χ3v) is 5.87. The number of aromatic nitrogens is 1. The number of esters is 1. The molecule has 2 N–H and O–H groups in total. The SMILES string of the molecule is CCOC(=O)COc1ccc2c(c1)/C(=N\NC(=S)Nc1ccc(OC)cc1)C[C@](C)(c1cccnc1)O2. The molecule has 192 valence electrons. The monoisotopic (exact) mass is 520 g/mol. The number of fused-ring (bicyclic) bond motifs is 1. The molecule has 3 aromatic rings. The summed E-state index contributed by atoms with van der Waals surface area (Å²) in [4.78, 5) is 16.0. The molecule has 2 aromatic carbocycles. The van der Waals surface area contributed by atoms with Crippen molar-refractivity contribution in [3.05, 3.63) is 78.1 Å². The molecule has 0 amide bonds. The normalized spacial score (nSPS) is 17.2. The number of benzene rings is 2. The van der Waals surface area contributed by atoms with Crippen molar-refractivity contribution in [3.8, 4) is 17.2 Å². The summed E-state index contributed by atoms with van der Waals surface area (Å²) in [5, 5.41) is 8.06. The highest BCUT2D eigenvalue weighted by Crippen LogP contribution is 2.40. The second kappa shape index (κ2) is 11.7. The van der Waals surface area contributed by atoms with E-state index in [1.807, 2.05) is 43.3 Å². The summed E-state index contributed by atoms with van der Waals surface area (Å²) in [7, 11) is 1.61. The van der Waals surface area contributed by atoms with E-state index in [1.54, 1.807) is 44.6 Å². The predicted molar refractivity (Wildman–Crippen MR) is 144 cm³/mol. The molecule has 4 rings (SSSR count). The van der Waals surface area contributed by atoms with Gasteiger partial charge in [0.2, 0.25) is 0 Å². The Kier molecular flexibility index (Phi) is 8.19. The highest BCUT2D eigenvalue weighted by molar-refractivity contribution is 7.80. The van der Waals surface area contributed by atoms with Gasteiger partial charge in [0.1, 0.15) is 22.8 Å². The van der Waals surface area contributed by atoms with Crippen molar-refractivity contribution in [1.29, 1.82) is 0 Å². The van der Waals surface area contributed by atoms with E-state index in [0.717, 1.165) is 22.6 Å². The number of carbonyl (C=O) groups is 1. The summed E-state index contributed by atoms with van der Waals surface area (Å²) in [6.07, 6.45) is 3.94. The summed E-state index contributed by atoms with van der Waals surface area (Å²) in [6.45, 7) is 3.83. The van der Waals surface area contributed by atoms with Crippen molar-refractivity contribution >= 4 is 34.7 Å². The van der Waals surface area contributed by atoms with Gasteiger partial charge in [-0.2, -0.15) is 5.10 Å². The van der Waals surface area contributed by atoms with Crippen LogP contribution in [0.3, 0.4) is 0 Å². The number of pyridine rings is 1. The molecule has 1 aliphatic heterocycles. The predicted octanol–water partition coefficient (Wildman–Crippen LogP) is 4.42. The third-order valence-electron chi connectivity index (χ3n) is 5.68. The van der Waals surface area contributed by atoms with Crippen LogP contribution in [0.2, 0.25) is 0 Å². The smallest absolute Gasteiger partial charge is 0.344 e. The number of hydrogen-bond acceptors (Lipinski definition) is 8. The summed E-state index contributed by atoms with van der Waals surface area (Å²) in [6, 6.07) is 16.6. The number of methoxy groups -OCH3 is 1. The molecule has 0 radical (unpaired) electrons. The van der Waals surface area contributed by atoms with Crippen LogP contribution in [0.4, 0.5) is 5.69 Å². The minimum absolute atomic E-state index is 0.193. The summed E-state index contributed by atoms with van der Waals surface area (Å²) < 4.78 is 22.2. The Labute approximate surface area is 220 Å². The number of rotatable bonds is 8. The zero-order chi connectivity index (χ0) is 26.3. The fraction of sp³-hybridized carbons (Fsp3) is 0.259. The number of anilines is 1. The van der Waals surface area contributed by atoms with Crippen LogP contribution in [0, 0.1) is 0 Å². The lowest BCUT2D eigenvalue weighted by Gasteiger charge is -2.36. The van der Waals surface area contributed by atoms with Crippen LogP contribution in [-0.2, 0) is 15.1 Å². The van der Waals surface area contributed by atoms with Crippen molar-refractivity contribution in [2.24, 2.45) is 5.10 Å². The van der Waals surface area contributed by atoms with Crippen LogP contribution in [0.25, 0.3) is 0 Å². The van der Waals surface area contributed by atoms with Gasteiger partial charge in [-0.05, 0) is 74.6 Å². The Balaban J connectivity index is 1.58. The average Bonchev–Trinajstić information content (AvgIpc) is 2.91. The third kappa shape index (κ3) is 6.53. The van der Waals surface area contributed by atoms with Gasteiger partial charge in [0.25, 0.3) is 0 Å². The molecular weight excluding hydrogens is 492 g/mol. The van der Waals surface area contributed by atoms with Gasteiger partial charge >= 0.3 is 5.97 Å². The van der Waals surface area contributed by atoms with Crippen molar-refractivity contribution < 1.29 is 23.7 Å². The minimum Gasteiger partial charge on any atom is -0.497 e. The Morgan fingerprint density at radius 3 is 2.68 bits per heavy atom. The standard InChI is InChI=1S/C27H28N4O5S/c1-4-34-25(32)17-35-21-11-12-24-22(14-21)23(15-27(2,36-24)18-6-5-13-28-16-18)30-31-26(37)29-19-7-9-20(33-3)10-8-19/h5-14,16H,4,15,17H2,1-3H3,(H2,29,31,37)/b30-23-/t27-/m1/s1. The van der Waals surface area contributed by atoms with Gasteiger partial charge in [-0.3, -0.25) is 10.4 Å². The van der Waals surface area contributed by atoms with Gasteiger partial charge in [0.15, 0.2) is 11.7 Å². The van der Waals surface area contributed by atoms with E-state index in [2.05, 4.69) is 20.8 Å². The maximum Gasteiger partial charge on any atom is 0.344 e. The average molecular weight is 521 g/mol. The lowest BCUT2D eigenvalue weighted by molar-refractivity contribution is -0.145. The number of carbonyl (C=O) groups excluding carboxylic acids is 1. The molecule has 0 fully saturated rings. The Morgan fingerprint density at radius 1 is 1.19 bits per heavy atom. The van der Waals surface area contributed by atoms with Crippen LogP contribution in [-0.4, -0.2) is 42.1 Å². The van der Waals surface area contributed by atoms with Crippen molar-refractivity contribution in [3.63, 3.8) is 0 Å². The lowest BCUT2D eigenvalue weighted by atomic mass is 9.86. The molecule has 0 bridgehead atoms. The van der Waals surface area contributed by atoms with E-state index in [1.165, 1.54) is 0 Å². The summed E-state index contributed by atoms with van der Waals surface area (Å²) in [5.41, 5.74) is 5.36. The van der Waals surface area contributed by atoms with E-state index >= 15 is 0 Å². The molecule has 1 atom stereocenters. The van der Waals surface area contributed by atoms with Crippen molar-refractivity contribution in [1.82, 2.24) is 10.4 Å². The number of ether oxygens (including phenoxy) is 4. The molecule has 0 spiro atoms. The fourth-order valence-electron chi connectivity index (χ4n) is 3.84. The Hall–Kier alpha value is -4.18. The van der Waals surface area contributed by atoms with Gasteiger partial charge in [0.05, 0.1) is 19.4 Å². The van der Waals surface area contributed by atoms with Gasteiger partial charge in [-0.1, -0.05) is 6.07 Å². The first-order chi connectivity index (χ1) is 17.9. The molecule has 0 saturated carbocycles. The van der Waals surface area contributed by atoms with Crippen LogP contribution in [0.5, 0.6) is 17.2 Å². The van der Waals surface area contributed by atoms with Crippen LogP contribution in [0.15, 0.2) is 72.1 Å². The zero-order valence-electron chi connectivity index (χ0n) is 20.8. The van der Waals surface area contributed by atoms with Gasteiger partial charge < -0.3 is 24.3 Å². The molecule has 0 unspecified atom stereocenters. The second-order valence-electron chi connectivity index (χ2n) is 8.36. The first-order valence-corrected chi connectivity index (χ1v) is 12.1. The molecular formula is C27H28N4O5S. The summed E-state index contributed by atoms with van der Waals surface area (Å²) in [5.74, 6) is 1.42. The lowest BCUT2D eigenvalue weighted by Crippen LogP contribution is -2.38. The van der Waals surface area contributed by atoms with Gasteiger partial charge in [-0.25, -0.2) is 4.79 Å². The zero-order valence-corrected chi connectivity index (χ0v) is 21.6. The summed E-state index contributed by atoms with van der Waals surface area (Å²) >= 11 is 5.46. The maximum atomic E-state index is 11.7. The number of nitrogens with one attached hydrogen (secondary N) is 2. The van der Waals surface area contributed by atoms with E-state index in [9.17, 15) is 4.79 Å². The first-order valence-electron chi connectivity index (χ1n) is 11.7. The van der Waals surface area contributed by atoms with Crippen molar-refractivity contribution in [2.45, 2.75) is 25.9 Å². The highest BCUT2D eigenvalue weighted by atomic mass is 32.1. The van der Waals surface area contributed by atoms with E-state index in [-0.39, 0.29) is 6.61 Å². The number of thiocarbonyl (C=S) groups is 1. The molecule has 37 heavy (non-hydrogen) atoms. The minimum atomic E-state index is -0.708. The van der Waals surface area contributed by atoms with E-state index < -0.39 is 11.6 Å². The number of hydrazone groups is 1. The van der Waals surface area contributed by atoms with Crippen LogP contribution >= 0.6 is 12.2 Å². The van der Waals surface area contributed by atoms with Crippen LogP contribution in [0.1, 0.15) is 31.4 Å². The molecule has 10 heteroatoms. The Bertz CT molecular complexity index is 1280. The molecule has 2 heterocycles. The van der Waals surface area contributed by atoms with Gasteiger partial charge in [-0.15, -0.1) is 0 Å². The van der Waals surface area contributed by atoms with E-state index in [4.69, 9.17) is 31.2 Å². The largest absolute Gasteiger partial charge is 0.497 e. The second-order valence-corrected chi connectivity index (χ2v) is 8.76. The van der Waals surface area contributed by atoms with Crippen LogP contribution < -0.4 is 25.0 Å². The molecule has 9 nitrogen and oxygen atoms in total. The van der Waals surface area contributed by atoms with E-state index in [0.29, 0.717) is 35.4 Å². The fourth-order valence-corrected chi connectivity index (χ4v) is 4.00. The highest BCUT2D eigenvalue weighted by Gasteiger charge is 2.37. The molecule has 0 saturated heterocycles. The molecule has 1 aliphatic rings. The molecule has 1 aromatic heterocycles.